The molecule has 0 saturated carbocycles. The van der Waals surface area contributed by atoms with Gasteiger partial charge in [-0.2, -0.15) is 0 Å². The number of nitrogens with one attached hydrogen (secondary N) is 1. The second-order valence-corrected chi connectivity index (χ2v) is 6.44. The van der Waals surface area contributed by atoms with E-state index in [1.165, 1.54) is 5.56 Å². The molecule has 0 spiro atoms. The van der Waals surface area contributed by atoms with E-state index in [9.17, 15) is 0 Å². The van der Waals surface area contributed by atoms with Crippen LogP contribution in [0.4, 0.5) is 0 Å². The van der Waals surface area contributed by atoms with Crippen molar-refractivity contribution >= 4 is 15.9 Å². The number of benzene rings is 1. The number of likely N-dealkylation sites (N-methyl/N-ethyl adjacent to an activating group) is 2. The van der Waals surface area contributed by atoms with Crippen molar-refractivity contribution in [3.63, 3.8) is 0 Å². The highest BCUT2D eigenvalue weighted by Crippen LogP contribution is 2.25. The van der Waals surface area contributed by atoms with Gasteiger partial charge in [0.25, 0.3) is 0 Å². The minimum atomic E-state index is 0.148. The average molecular weight is 329 g/mol. The summed E-state index contributed by atoms with van der Waals surface area (Å²) in [6.45, 7) is 6.51. The molecule has 0 radical (unpaired) electrons. The molecule has 0 aliphatic heterocycles. The molecule has 0 aliphatic carbocycles. The lowest BCUT2D eigenvalue weighted by molar-refractivity contribution is 0.246. The van der Waals surface area contributed by atoms with E-state index in [1.807, 2.05) is 13.1 Å². The Morgan fingerprint density at radius 1 is 1.37 bits per heavy atom. The maximum atomic E-state index is 5.24. The molecule has 1 N–H and O–H groups in total. The molecule has 1 aromatic rings. The molecule has 0 saturated heterocycles. The van der Waals surface area contributed by atoms with Gasteiger partial charge in [0.05, 0.1) is 11.6 Å². The second kappa shape index (κ2) is 7.27. The van der Waals surface area contributed by atoms with Crippen molar-refractivity contribution in [3.8, 4) is 5.75 Å². The Labute approximate surface area is 125 Å². The lowest BCUT2D eigenvalue weighted by Crippen LogP contribution is -2.46. The molecule has 19 heavy (non-hydrogen) atoms. The third-order valence-corrected chi connectivity index (χ3v) is 3.96. The Balaban J connectivity index is 2.50. The summed E-state index contributed by atoms with van der Waals surface area (Å²) in [5.41, 5.74) is 1.47. The average Bonchev–Trinajstić information content (AvgIpc) is 2.36. The summed E-state index contributed by atoms with van der Waals surface area (Å²) in [5.74, 6) is 0.883. The molecule has 0 amide bonds. The Morgan fingerprint density at radius 3 is 2.58 bits per heavy atom. The van der Waals surface area contributed by atoms with Crippen LogP contribution in [-0.4, -0.2) is 44.7 Å². The van der Waals surface area contributed by atoms with E-state index in [0.717, 1.165) is 29.7 Å². The van der Waals surface area contributed by atoms with Crippen molar-refractivity contribution in [1.82, 2.24) is 10.2 Å². The van der Waals surface area contributed by atoms with Gasteiger partial charge in [-0.25, -0.2) is 0 Å². The van der Waals surface area contributed by atoms with Gasteiger partial charge in [-0.3, -0.25) is 0 Å². The molecule has 0 bridgehead atoms. The fraction of sp³-hybridized carbons (Fsp3) is 0.600. The summed E-state index contributed by atoms with van der Waals surface area (Å²) in [6.07, 6.45) is 1.04. The molecule has 1 rings (SSSR count). The third-order valence-electron chi connectivity index (χ3n) is 3.34. The Kier molecular flexibility index (Phi) is 6.30. The van der Waals surface area contributed by atoms with Crippen LogP contribution in [-0.2, 0) is 6.42 Å². The first-order chi connectivity index (χ1) is 8.88. The highest BCUT2D eigenvalue weighted by atomic mass is 79.9. The van der Waals surface area contributed by atoms with Crippen LogP contribution >= 0.6 is 15.9 Å². The number of hydrogen-bond acceptors (Lipinski definition) is 3. The zero-order valence-electron chi connectivity index (χ0n) is 12.6. The summed E-state index contributed by atoms with van der Waals surface area (Å²) >= 11 is 3.53. The standard InChI is InChI=1S/C15H25BrN2O/c1-15(2,17-3)11-18(4)9-8-12-6-7-14(19-5)13(16)10-12/h6-7,10,17H,8-9,11H2,1-5H3. The predicted octanol–water partition coefficient (Wildman–Crippen LogP) is 2.93. The monoisotopic (exact) mass is 328 g/mol. The maximum Gasteiger partial charge on any atom is 0.133 e. The molecule has 108 valence electrons. The summed E-state index contributed by atoms with van der Waals surface area (Å²) < 4.78 is 6.26. The molecular weight excluding hydrogens is 304 g/mol. The van der Waals surface area contributed by atoms with E-state index in [1.54, 1.807) is 7.11 Å². The van der Waals surface area contributed by atoms with Crippen molar-refractivity contribution in [2.24, 2.45) is 0 Å². The number of rotatable bonds is 7. The summed E-state index contributed by atoms with van der Waals surface area (Å²) in [6, 6.07) is 6.27. The van der Waals surface area contributed by atoms with Gasteiger partial charge < -0.3 is 15.0 Å². The number of halogens is 1. The van der Waals surface area contributed by atoms with E-state index in [4.69, 9.17) is 4.74 Å². The zero-order valence-corrected chi connectivity index (χ0v) is 14.2. The van der Waals surface area contributed by atoms with Crippen LogP contribution in [0, 0.1) is 0 Å². The molecule has 0 unspecified atom stereocenters. The number of methoxy groups -OCH3 is 1. The molecule has 3 nitrogen and oxygen atoms in total. The third kappa shape index (κ3) is 5.51. The minimum absolute atomic E-state index is 0.148. The largest absolute Gasteiger partial charge is 0.496 e. The molecule has 0 fully saturated rings. The van der Waals surface area contributed by atoms with Gasteiger partial charge in [0.1, 0.15) is 5.75 Å². The molecule has 1 aromatic carbocycles. The van der Waals surface area contributed by atoms with Gasteiger partial charge in [-0.15, -0.1) is 0 Å². The van der Waals surface area contributed by atoms with Gasteiger partial charge in [-0.05, 0) is 68.0 Å². The maximum absolute atomic E-state index is 5.24. The van der Waals surface area contributed by atoms with E-state index in [-0.39, 0.29) is 5.54 Å². The molecule has 0 heterocycles. The van der Waals surface area contributed by atoms with Crippen molar-refractivity contribution in [1.29, 1.82) is 0 Å². The van der Waals surface area contributed by atoms with Gasteiger partial charge in [0.15, 0.2) is 0 Å². The van der Waals surface area contributed by atoms with Crippen LogP contribution in [0.15, 0.2) is 22.7 Å². The van der Waals surface area contributed by atoms with Crippen LogP contribution in [0.5, 0.6) is 5.75 Å². The minimum Gasteiger partial charge on any atom is -0.496 e. The van der Waals surface area contributed by atoms with Gasteiger partial charge in [0.2, 0.25) is 0 Å². The fourth-order valence-corrected chi connectivity index (χ4v) is 2.61. The van der Waals surface area contributed by atoms with Crippen LogP contribution in [0.1, 0.15) is 19.4 Å². The topological polar surface area (TPSA) is 24.5 Å². The van der Waals surface area contributed by atoms with Crippen LogP contribution < -0.4 is 10.1 Å². The number of ether oxygens (including phenoxy) is 1. The zero-order chi connectivity index (χ0) is 14.5. The smallest absolute Gasteiger partial charge is 0.133 e. The van der Waals surface area contributed by atoms with Crippen LogP contribution in [0.3, 0.4) is 0 Å². The quantitative estimate of drug-likeness (QED) is 0.832. The first kappa shape index (κ1) is 16.5. The second-order valence-electron chi connectivity index (χ2n) is 5.59. The fourth-order valence-electron chi connectivity index (χ4n) is 2.02. The first-order valence-corrected chi connectivity index (χ1v) is 7.37. The highest BCUT2D eigenvalue weighted by Gasteiger charge is 2.16. The highest BCUT2D eigenvalue weighted by molar-refractivity contribution is 9.10. The van der Waals surface area contributed by atoms with Gasteiger partial charge in [-0.1, -0.05) is 6.07 Å². The van der Waals surface area contributed by atoms with Crippen LogP contribution in [0.2, 0.25) is 0 Å². The summed E-state index contributed by atoms with van der Waals surface area (Å²) in [7, 11) is 5.86. The van der Waals surface area contributed by atoms with Crippen molar-refractivity contribution in [2.75, 3.05) is 34.3 Å². The predicted molar refractivity (Wildman–Crippen MR) is 85.0 cm³/mol. The van der Waals surface area contributed by atoms with Gasteiger partial charge in [0, 0.05) is 18.6 Å². The van der Waals surface area contributed by atoms with Gasteiger partial charge >= 0.3 is 0 Å². The van der Waals surface area contributed by atoms with Crippen LogP contribution in [0.25, 0.3) is 0 Å². The Morgan fingerprint density at radius 2 is 2.05 bits per heavy atom. The molecule has 4 heteroatoms. The molecule has 0 aliphatic rings. The Bertz CT molecular complexity index is 407. The van der Waals surface area contributed by atoms with E-state index >= 15 is 0 Å². The summed E-state index contributed by atoms with van der Waals surface area (Å²) in [4.78, 5) is 2.36. The lowest BCUT2D eigenvalue weighted by atomic mass is 10.1. The van der Waals surface area contributed by atoms with Crippen molar-refractivity contribution < 1.29 is 4.74 Å². The first-order valence-electron chi connectivity index (χ1n) is 6.58. The molecular formula is C15H25BrN2O. The van der Waals surface area contributed by atoms with E-state index in [2.05, 4.69) is 59.2 Å². The SMILES string of the molecule is CNC(C)(C)CN(C)CCc1ccc(OC)c(Br)c1. The lowest BCUT2D eigenvalue weighted by Gasteiger charge is -2.30. The number of nitrogens with zero attached hydrogens (tertiary/aromatic N) is 1. The van der Waals surface area contributed by atoms with Crippen molar-refractivity contribution in [3.05, 3.63) is 28.2 Å². The molecule has 0 aromatic heterocycles. The Hall–Kier alpha value is -0.580. The summed E-state index contributed by atoms with van der Waals surface area (Å²) in [5, 5.41) is 3.33. The number of hydrogen-bond donors (Lipinski definition) is 1. The van der Waals surface area contributed by atoms with E-state index < -0.39 is 0 Å². The normalized spacial score (nSPS) is 11.9. The van der Waals surface area contributed by atoms with E-state index in [0.29, 0.717) is 0 Å². The molecule has 0 atom stereocenters. The van der Waals surface area contributed by atoms with Crippen molar-refractivity contribution in [2.45, 2.75) is 25.8 Å².